The minimum absolute atomic E-state index is 0.0449. The average molecular weight is 340 g/mol. The fourth-order valence-electron chi connectivity index (χ4n) is 3.00. The average Bonchev–Trinajstić information content (AvgIpc) is 2.62. The number of likely N-dealkylation sites (tertiary alicyclic amines) is 1. The molecule has 2 amide bonds. The Morgan fingerprint density at radius 3 is 2.28 bits per heavy atom. The van der Waals surface area contributed by atoms with Crippen molar-refractivity contribution in [1.29, 1.82) is 0 Å². The van der Waals surface area contributed by atoms with Crippen LogP contribution in [0.4, 0.5) is 10.1 Å². The van der Waals surface area contributed by atoms with Crippen LogP contribution in [0.2, 0.25) is 0 Å². The summed E-state index contributed by atoms with van der Waals surface area (Å²) in [6.45, 7) is 3.62. The van der Waals surface area contributed by atoms with Crippen molar-refractivity contribution in [3.63, 3.8) is 0 Å². The van der Waals surface area contributed by atoms with Crippen LogP contribution in [0.25, 0.3) is 0 Å². The second-order valence-electron chi connectivity index (χ2n) is 6.45. The van der Waals surface area contributed by atoms with E-state index in [1.54, 1.807) is 30.3 Å². The number of nitrogens with one attached hydrogen (secondary N) is 1. The zero-order chi connectivity index (χ0) is 17.8. The third kappa shape index (κ3) is 3.87. The summed E-state index contributed by atoms with van der Waals surface area (Å²) in [6, 6.07) is 12.6. The van der Waals surface area contributed by atoms with Gasteiger partial charge in [0.1, 0.15) is 5.82 Å². The standard InChI is InChI=1S/C20H21FN2O2/c1-14-10-12-23(13-11-14)20(25)16-7-3-5-9-18(16)22-19(24)15-6-2-4-8-17(15)21/h2-9,14H,10-13H2,1H3,(H,22,24). The zero-order valence-corrected chi connectivity index (χ0v) is 14.2. The van der Waals surface area contributed by atoms with Crippen LogP contribution in [0.5, 0.6) is 0 Å². The molecule has 0 saturated carbocycles. The van der Waals surface area contributed by atoms with Crippen molar-refractivity contribution in [1.82, 2.24) is 4.90 Å². The number of nitrogens with zero attached hydrogens (tertiary/aromatic N) is 1. The molecule has 1 saturated heterocycles. The van der Waals surface area contributed by atoms with Gasteiger partial charge >= 0.3 is 0 Å². The second kappa shape index (κ2) is 7.47. The molecule has 1 aliphatic heterocycles. The fraction of sp³-hybridized carbons (Fsp3) is 0.300. The number of piperidine rings is 1. The SMILES string of the molecule is CC1CCN(C(=O)c2ccccc2NC(=O)c2ccccc2F)CC1. The minimum Gasteiger partial charge on any atom is -0.339 e. The lowest BCUT2D eigenvalue weighted by Gasteiger charge is -2.30. The summed E-state index contributed by atoms with van der Waals surface area (Å²) in [7, 11) is 0. The molecule has 4 nitrogen and oxygen atoms in total. The van der Waals surface area contributed by atoms with Crippen molar-refractivity contribution in [2.75, 3.05) is 18.4 Å². The summed E-state index contributed by atoms with van der Waals surface area (Å²) in [5, 5.41) is 2.67. The van der Waals surface area contributed by atoms with Crippen molar-refractivity contribution in [3.05, 3.63) is 65.5 Å². The molecule has 1 heterocycles. The van der Waals surface area contributed by atoms with Crippen LogP contribution in [0, 0.1) is 11.7 Å². The Morgan fingerprint density at radius 1 is 1.00 bits per heavy atom. The number of carbonyl (C=O) groups is 2. The molecule has 0 spiro atoms. The van der Waals surface area contributed by atoms with Crippen molar-refractivity contribution >= 4 is 17.5 Å². The maximum absolute atomic E-state index is 13.8. The Balaban J connectivity index is 1.80. The maximum Gasteiger partial charge on any atom is 0.258 e. The third-order valence-corrected chi connectivity index (χ3v) is 4.60. The molecule has 0 bridgehead atoms. The van der Waals surface area contributed by atoms with Crippen LogP contribution in [-0.2, 0) is 0 Å². The minimum atomic E-state index is -0.589. The number of amides is 2. The molecule has 130 valence electrons. The smallest absolute Gasteiger partial charge is 0.258 e. The van der Waals surface area contributed by atoms with Gasteiger partial charge in [-0.1, -0.05) is 31.2 Å². The van der Waals surface area contributed by atoms with Crippen LogP contribution < -0.4 is 5.32 Å². The van der Waals surface area contributed by atoms with Gasteiger partial charge in [-0.15, -0.1) is 0 Å². The van der Waals surface area contributed by atoms with Crippen LogP contribution >= 0.6 is 0 Å². The van der Waals surface area contributed by atoms with Gasteiger partial charge in [0.25, 0.3) is 11.8 Å². The van der Waals surface area contributed by atoms with E-state index in [2.05, 4.69) is 12.2 Å². The summed E-state index contributed by atoms with van der Waals surface area (Å²) in [6.07, 6.45) is 1.96. The molecule has 0 aromatic heterocycles. The number of anilines is 1. The summed E-state index contributed by atoms with van der Waals surface area (Å²) < 4.78 is 13.8. The molecule has 0 atom stereocenters. The van der Waals surface area contributed by atoms with Crippen LogP contribution in [0.1, 0.15) is 40.5 Å². The maximum atomic E-state index is 13.8. The Kier molecular flexibility index (Phi) is 5.12. The number of carbonyl (C=O) groups excluding carboxylic acids is 2. The number of benzene rings is 2. The summed E-state index contributed by atoms with van der Waals surface area (Å²) in [4.78, 5) is 27.0. The van der Waals surface area contributed by atoms with Crippen molar-refractivity contribution in [3.8, 4) is 0 Å². The number of hydrogen-bond donors (Lipinski definition) is 1. The molecule has 2 aromatic rings. The first-order valence-corrected chi connectivity index (χ1v) is 8.50. The van der Waals surface area contributed by atoms with Gasteiger partial charge in [0.15, 0.2) is 0 Å². The molecule has 0 unspecified atom stereocenters. The van der Waals surface area contributed by atoms with Gasteiger partial charge in [-0.2, -0.15) is 0 Å². The van der Waals surface area contributed by atoms with E-state index in [1.165, 1.54) is 18.2 Å². The summed E-state index contributed by atoms with van der Waals surface area (Å²) in [5.41, 5.74) is 0.790. The Labute approximate surface area is 146 Å². The van der Waals surface area contributed by atoms with E-state index >= 15 is 0 Å². The van der Waals surface area contributed by atoms with Crippen molar-refractivity contribution in [2.24, 2.45) is 5.92 Å². The van der Waals surface area contributed by atoms with Crippen LogP contribution in [0.15, 0.2) is 48.5 Å². The third-order valence-electron chi connectivity index (χ3n) is 4.60. The quantitative estimate of drug-likeness (QED) is 0.920. The monoisotopic (exact) mass is 340 g/mol. The van der Waals surface area contributed by atoms with E-state index in [-0.39, 0.29) is 11.5 Å². The molecule has 0 aliphatic carbocycles. The lowest BCUT2D eigenvalue weighted by atomic mass is 9.98. The highest BCUT2D eigenvalue weighted by atomic mass is 19.1. The predicted octanol–water partition coefficient (Wildman–Crippen LogP) is 3.95. The first-order valence-electron chi connectivity index (χ1n) is 8.50. The molecule has 0 radical (unpaired) electrons. The Morgan fingerprint density at radius 2 is 1.60 bits per heavy atom. The normalized spacial score (nSPS) is 15.0. The lowest BCUT2D eigenvalue weighted by Crippen LogP contribution is -2.38. The zero-order valence-electron chi connectivity index (χ0n) is 14.2. The van der Waals surface area contributed by atoms with Crippen LogP contribution in [0.3, 0.4) is 0 Å². The molecule has 25 heavy (non-hydrogen) atoms. The van der Waals surface area contributed by atoms with Gasteiger partial charge in [0.2, 0.25) is 0 Å². The van der Waals surface area contributed by atoms with Gasteiger partial charge < -0.3 is 10.2 Å². The topological polar surface area (TPSA) is 49.4 Å². The number of hydrogen-bond acceptors (Lipinski definition) is 2. The van der Waals surface area contributed by atoms with E-state index in [9.17, 15) is 14.0 Å². The highest BCUT2D eigenvalue weighted by molar-refractivity contribution is 6.09. The Bertz CT molecular complexity index is 783. The van der Waals surface area contributed by atoms with E-state index in [4.69, 9.17) is 0 Å². The first-order chi connectivity index (χ1) is 12.1. The van der Waals surface area contributed by atoms with Gasteiger partial charge in [0, 0.05) is 13.1 Å². The van der Waals surface area contributed by atoms with Gasteiger partial charge in [0.05, 0.1) is 16.8 Å². The molecule has 2 aromatic carbocycles. The lowest BCUT2D eigenvalue weighted by molar-refractivity contribution is 0.0698. The molecule has 1 aliphatic rings. The second-order valence-corrected chi connectivity index (χ2v) is 6.45. The summed E-state index contributed by atoms with van der Waals surface area (Å²) in [5.74, 6) is -0.629. The summed E-state index contributed by atoms with van der Waals surface area (Å²) >= 11 is 0. The largest absolute Gasteiger partial charge is 0.339 e. The van der Waals surface area contributed by atoms with Crippen LogP contribution in [-0.4, -0.2) is 29.8 Å². The molecule has 1 N–H and O–H groups in total. The highest BCUT2D eigenvalue weighted by Crippen LogP contribution is 2.23. The van der Waals surface area contributed by atoms with E-state index < -0.39 is 11.7 Å². The Hall–Kier alpha value is -2.69. The number of halogens is 1. The van der Waals surface area contributed by atoms with E-state index in [0.717, 1.165) is 25.9 Å². The van der Waals surface area contributed by atoms with E-state index in [0.29, 0.717) is 17.2 Å². The number of para-hydroxylation sites is 1. The van der Waals surface area contributed by atoms with E-state index in [1.807, 2.05) is 4.90 Å². The molecular formula is C20H21FN2O2. The molecule has 1 fully saturated rings. The van der Waals surface area contributed by atoms with Crippen molar-refractivity contribution < 1.29 is 14.0 Å². The number of rotatable bonds is 3. The molecular weight excluding hydrogens is 319 g/mol. The van der Waals surface area contributed by atoms with Crippen molar-refractivity contribution in [2.45, 2.75) is 19.8 Å². The molecule has 3 rings (SSSR count). The predicted molar refractivity (Wildman–Crippen MR) is 95.1 cm³/mol. The highest BCUT2D eigenvalue weighted by Gasteiger charge is 2.24. The fourth-order valence-corrected chi connectivity index (χ4v) is 3.00. The first kappa shape index (κ1) is 17.1. The molecule has 5 heteroatoms. The van der Waals surface area contributed by atoms with Gasteiger partial charge in [-0.25, -0.2) is 4.39 Å². The van der Waals surface area contributed by atoms with Gasteiger partial charge in [-0.3, -0.25) is 9.59 Å². The van der Waals surface area contributed by atoms with Gasteiger partial charge in [-0.05, 0) is 43.0 Å².